The molecule has 0 radical (unpaired) electrons. The molecular weight excluding hydrogens is 232 g/mol. The Kier molecular flexibility index (Phi) is 4.87. The van der Waals surface area contributed by atoms with Gasteiger partial charge in [-0.15, -0.1) is 0 Å². The monoisotopic (exact) mass is 260 g/mol. The number of hydrogen-bond acceptors (Lipinski definition) is 2. The second kappa shape index (κ2) is 6.42. The molecule has 0 spiro atoms. The Labute approximate surface area is 118 Å². The average Bonchev–Trinajstić information content (AvgIpc) is 2.39. The number of benzene rings is 1. The maximum atomic E-state index is 5.91. The number of rotatable bonds is 5. The normalized spacial score (nSPS) is 22.5. The standard InChI is InChI=1S/C17H28N2/c1-4-10-19(11-5-2)17-9-6-14-12-15(18)7-8-16(14)13(17)3/h7-8,12-13,17H,4-6,9-11,18H2,1-3H3. The molecule has 2 unspecified atom stereocenters. The van der Waals surface area contributed by atoms with Crippen molar-refractivity contribution in [2.75, 3.05) is 18.8 Å². The Morgan fingerprint density at radius 1 is 1.21 bits per heavy atom. The number of hydrogen-bond donors (Lipinski definition) is 1. The van der Waals surface area contributed by atoms with Crippen LogP contribution in [-0.2, 0) is 6.42 Å². The van der Waals surface area contributed by atoms with Crippen LogP contribution in [0.4, 0.5) is 5.69 Å². The molecule has 0 saturated carbocycles. The van der Waals surface area contributed by atoms with Gasteiger partial charge in [-0.3, -0.25) is 4.90 Å². The third-order valence-electron chi connectivity index (χ3n) is 4.43. The van der Waals surface area contributed by atoms with Crippen LogP contribution in [0.2, 0.25) is 0 Å². The van der Waals surface area contributed by atoms with Gasteiger partial charge in [-0.05, 0) is 68.0 Å². The molecule has 19 heavy (non-hydrogen) atoms. The van der Waals surface area contributed by atoms with E-state index in [1.165, 1.54) is 49.9 Å². The van der Waals surface area contributed by atoms with Crippen LogP contribution in [0.15, 0.2) is 18.2 Å². The molecule has 0 aliphatic heterocycles. The molecule has 1 aromatic carbocycles. The van der Waals surface area contributed by atoms with Crippen molar-refractivity contribution in [1.82, 2.24) is 4.90 Å². The van der Waals surface area contributed by atoms with Gasteiger partial charge in [0, 0.05) is 11.7 Å². The predicted molar refractivity (Wildman–Crippen MR) is 83.5 cm³/mol. The second-order valence-corrected chi connectivity index (χ2v) is 5.89. The first-order valence-electron chi connectivity index (χ1n) is 7.79. The molecule has 1 aromatic rings. The summed E-state index contributed by atoms with van der Waals surface area (Å²) in [6.45, 7) is 9.41. The lowest BCUT2D eigenvalue weighted by atomic mass is 9.79. The first-order chi connectivity index (χ1) is 9.17. The van der Waals surface area contributed by atoms with Gasteiger partial charge in [0.1, 0.15) is 0 Å². The van der Waals surface area contributed by atoms with Crippen LogP contribution in [0, 0.1) is 0 Å². The number of aryl methyl sites for hydroxylation is 1. The third kappa shape index (κ3) is 3.11. The van der Waals surface area contributed by atoms with Gasteiger partial charge in [0.15, 0.2) is 0 Å². The van der Waals surface area contributed by atoms with E-state index in [9.17, 15) is 0 Å². The molecule has 0 saturated heterocycles. The lowest BCUT2D eigenvalue weighted by Crippen LogP contribution is -2.42. The molecule has 2 N–H and O–H groups in total. The van der Waals surface area contributed by atoms with Crippen molar-refractivity contribution in [2.24, 2.45) is 0 Å². The summed E-state index contributed by atoms with van der Waals surface area (Å²) >= 11 is 0. The molecule has 0 amide bonds. The minimum absolute atomic E-state index is 0.627. The first kappa shape index (κ1) is 14.4. The van der Waals surface area contributed by atoms with Crippen molar-refractivity contribution in [1.29, 1.82) is 0 Å². The number of nitrogen functional groups attached to an aromatic ring is 1. The molecule has 2 nitrogen and oxygen atoms in total. The van der Waals surface area contributed by atoms with Crippen LogP contribution in [0.1, 0.15) is 57.1 Å². The number of nitrogens with zero attached hydrogens (tertiary/aromatic N) is 1. The highest BCUT2D eigenvalue weighted by atomic mass is 15.2. The van der Waals surface area contributed by atoms with E-state index in [0.29, 0.717) is 12.0 Å². The molecule has 2 rings (SSSR count). The van der Waals surface area contributed by atoms with E-state index in [1.807, 2.05) is 0 Å². The van der Waals surface area contributed by atoms with Crippen LogP contribution >= 0.6 is 0 Å². The SMILES string of the molecule is CCCN(CCC)C1CCc2cc(N)ccc2C1C. The summed E-state index contributed by atoms with van der Waals surface area (Å²) in [6.07, 6.45) is 4.95. The lowest BCUT2D eigenvalue weighted by molar-refractivity contribution is 0.159. The van der Waals surface area contributed by atoms with E-state index in [1.54, 1.807) is 0 Å². The van der Waals surface area contributed by atoms with Gasteiger partial charge >= 0.3 is 0 Å². The highest BCUT2D eigenvalue weighted by molar-refractivity contribution is 5.47. The fourth-order valence-electron chi connectivity index (χ4n) is 3.56. The fourth-order valence-corrected chi connectivity index (χ4v) is 3.56. The smallest absolute Gasteiger partial charge is 0.0316 e. The van der Waals surface area contributed by atoms with Crippen molar-refractivity contribution in [3.05, 3.63) is 29.3 Å². The van der Waals surface area contributed by atoms with E-state index < -0.39 is 0 Å². The summed E-state index contributed by atoms with van der Waals surface area (Å²) in [6, 6.07) is 7.18. The van der Waals surface area contributed by atoms with Crippen LogP contribution in [0.3, 0.4) is 0 Å². The highest BCUT2D eigenvalue weighted by Gasteiger charge is 2.29. The molecule has 0 aromatic heterocycles. The number of fused-ring (bicyclic) bond motifs is 1. The van der Waals surface area contributed by atoms with Crippen molar-refractivity contribution in [3.8, 4) is 0 Å². The summed E-state index contributed by atoms with van der Waals surface area (Å²) < 4.78 is 0. The Bertz CT molecular complexity index is 408. The summed E-state index contributed by atoms with van der Waals surface area (Å²) in [5.74, 6) is 0.627. The van der Waals surface area contributed by atoms with E-state index in [2.05, 4.69) is 43.9 Å². The molecule has 1 aliphatic rings. The van der Waals surface area contributed by atoms with Crippen molar-refractivity contribution >= 4 is 5.69 Å². The van der Waals surface area contributed by atoms with Crippen molar-refractivity contribution in [3.63, 3.8) is 0 Å². The van der Waals surface area contributed by atoms with Crippen LogP contribution in [0.25, 0.3) is 0 Å². The summed E-state index contributed by atoms with van der Waals surface area (Å²) in [7, 11) is 0. The first-order valence-corrected chi connectivity index (χ1v) is 7.79. The fraction of sp³-hybridized carbons (Fsp3) is 0.647. The van der Waals surface area contributed by atoms with Crippen molar-refractivity contribution < 1.29 is 0 Å². The van der Waals surface area contributed by atoms with E-state index in [0.717, 1.165) is 5.69 Å². The molecule has 2 atom stereocenters. The molecule has 1 aliphatic carbocycles. The largest absolute Gasteiger partial charge is 0.399 e. The van der Waals surface area contributed by atoms with Gasteiger partial charge < -0.3 is 5.73 Å². The van der Waals surface area contributed by atoms with Gasteiger partial charge in [-0.1, -0.05) is 26.8 Å². The average molecular weight is 260 g/mol. The van der Waals surface area contributed by atoms with Gasteiger partial charge in [0.05, 0.1) is 0 Å². The summed E-state index contributed by atoms with van der Waals surface area (Å²) in [4.78, 5) is 2.70. The summed E-state index contributed by atoms with van der Waals surface area (Å²) in [5, 5.41) is 0. The zero-order chi connectivity index (χ0) is 13.8. The summed E-state index contributed by atoms with van der Waals surface area (Å²) in [5.41, 5.74) is 9.80. The van der Waals surface area contributed by atoms with Crippen molar-refractivity contribution in [2.45, 2.75) is 58.4 Å². The molecule has 106 valence electrons. The Morgan fingerprint density at radius 2 is 1.89 bits per heavy atom. The zero-order valence-electron chi connectivity index (χ0n) is 12.7. The number of anilines is 1. The highest BCUT2D eigenvalue weighted by Crippen LogP contribution is 2.35. The molecular formula is C17H28N2. The molecule has 0 fully saturated rings. The van der Waals surface area contributed by atoms with Gasteiger partial charge in [-0.2, -0.15) is 0 Å². The maximum absolute atomic E-state index is 5.91. The van der Waals surface area contributed by atoms with Crippen LogP contribution in [-0.4, -0.2) is 24.0 Å². The Morgan fingerprint density at radius 3 is 2.53 bits per heavy atom. The topological polar surface area (TPSA) is 29.3 Å². The van der Waals surface area contributed by atoms with E-state index in [-0.39, 0.29) is 0 Å². The van der Waals surface area contributed by atoms with Crippen LogP contribution in [0.5, 0.6) is 0 Å². The van der Waals surface area contributed by atoms with Gasteiger partial charge in [0.25, 0.3) is 0 Å². The quantitative estimate of drug-likeness (QED) is 0.816. The van der Waals surface area contributed by atoms with E-state index in [4.69, 9.17) is 5.73 Å². The Balaban J connectivity index is 2.19. The Hall–Kier alpha value is -1.02. The maximum Gasteiger partial charge on any atom is 0.0316 e. The zero-order valence-corrected chi connectivity index (χ0v) is 12.7. The molecule has 2 heteroatoms. The van der Waals surface area contributed by atoms with Gasteiger partial charge in [0.2, 0.25) is 0 Å². The predicted octanol–water partition coefficient (Wildman–Crippen LogP) is 3.81. The third-order valence-corrected chi connectivity index (χ3v) is 4.43. The lowest BCUT2D eigenvalue weighted by Gasteiger charge is -2.39. The molecule has 0 bridgehead atoms. The van der Waals surface area contributed by atoms with Gasteiger partial charge in [-0.25, -0.2) is 0 Å². The molecule has 0 heterocycles. The number of nitrogens with two attached hydrogens (primary N) is 1. The van der Waals surface area contributed by atoms with E-state index >= 15 is 0 Å². The minimum atomic E-state index is 0.627. The van der Waals surface area contributed by atoms with Crippen LogP contribution < -0.4 is 5.73 Å². The second-order valence-electron chi connectivity index (χ2n) is 5.89. The minimum Gasteiger partial charge on any atom is -0.399 e.